The van der Waals surface area contributed by atoms with Gasteiger partial charge in [0, 0.05) is 16.6 Å². The van der Waals surface area contributed by atoms with Gasteiger partial charge in [0.15, 0.2) is 0 Å². The van der Waals surface area contributed by atoms with E-state index in [9.17, 15) is 0 Å². The lowest BCUT2D eigenvalue weighted by molar-refractivity contribution is 0.834. The summed E-state index contributed by atoms with van der Waals surface area (Å²) in [5.74, 6) is 1.30. The largest absolute Gasteiger partial charge is 0.383 e. The lowest BCUT2D eigenvalue weighted by Crippen LogP contribution is -2.15. The number of nitrogens with one attached hydrogen (secondary N) is 1. The van der Waals surface area contributed by atoms with Crippen LogP contribution in [0.2, 0.25) is 5.02 Å². The molecule has 0 bridgehead atoms. The SMILES string of the molecule is CC(C)N=C(N)c1ccc2nc(/C=C\c3ccccc3Cl)[nH]c2c1.Cl. The van der Waals surface area contributed by atoms with Crippen molar-refractivity contribution in [1.82, 2.24) is 9.97 Å². The third-order valence-electron chi connectivity index (χ3n) is 3.52. The predicted molar refractivity (Wildman–Crippen MR) is 110 cm³/mol. The van der Waals surface area contributed by atoms with Gasteiger partial charge in [-0.3, -0.25) is 4.99 Å². The van der Waals surface area contributed by atoms with Gasteiger partial charge in [0.25, 0.3) is 0 Å². The topological polar surface area (TPSA) is 67.1 Å². The molecule has 0 radical (unpaired) electrons. The minimum absolute atomic E-state index is 0. The van der Waals surface area contributed by atoms with Crippen LogP contribution in [0.15, 0.2) is 47.5 Å². The molecular weight excluding hydrogens is 355 g/mol. The van der Waals surface area contributed by atoms with Crippen molar-refractivity contribution < 1.29 is 0 Å². The van der Waals surface area contributed by atoms with Crippen molar-refractivity contribution in [2.24, 2.45) is 10.7 Å². The van der Waals surface area contributed by atoms with Crippen LogP contribution in [0.25, 0.3) is 23.2 Å². The zero-order chi connectivity index (χ0) is 17.1. The van der Waals surface area contributed by atoms with Gasteiger partial charge < -0.3 is 10.7 Å². The number of aromatic amines is 1. The molecule has 1 aromatic heterocycles. The first-order valence-electron chi connectivity index (χ1n) is 7.79. The molecule has 0 fully saturated rings. The van der Waals surface area contributed by atoms with Crippen molar-refractivity contribution in [3.63, 3.8) is 0 Å². The first-order valence-corrected chi connectivity index (χ1v) is 8.17. The van der Waals surface area contributed by atoms with Gasteiger partial charge in [-0.2, -0.15) is 0 Å². The fourth-order valence-electron chi connectivity index (χ4n) is 2.40. The van der Waals surface area contributed by atoms with Gasteiger partial charge in [0.05, 0.1) is 11.0 Å². The normalized spacial score (nSPS) is 12.1. The van der Waals surface area contributed by atoms with E-state index in [0.29, 0.717) is 10.9 Å². The number of benzene rings is 2. The molecule has 3 rings (SSSR count). The highest BCUT2D eigenvalue weighted by molar-refractivity contribution is 6.32. The molecule has 0 aliphatic carbocycles. The number of halogens is 2. The second kappa shape index (κ2) is 8.19. The van der Waals surface area contributed by atoms with Crippen LogP contribution in [0.5, 0.6) is 0 Å². The van der Waals surface area contributed by atoms with Gasteiger partial charge in [0.2, 0.25) is 0 Å². The summed E-state index contributed by atoms with van der Waals surface area (Å²) in [4.78, 5) is 12.2. The summed E-state index contributed by atoms with van der Waals surface area (Å²) in [6, 6.07) is 13.7. The molecule has 25 heavy (non-hydrogen) atoms. The standard InChI is InChI=1S/C19H19ClN4.ClH/c1-12(2)22-19(21)14-7-9-16-17(11-14)24-18(23-16)10-8-13-5-3-4-6-15(13)20;/h3-12H,1-2H3,(H2,21,22)(H,23,24);1H/b10-8-;. The van der Waals surface area contributed by atoms with E-state index < -0.39 is 0 Å². The van der Waals surface area contributed by atoms with Crippen LogP contribution >= 0.6 is 24.0 Å². The molecule has 0 amide bonds. The highest BCUT2D eigenvalue weighted by Gasteiger charge is 2.05. The molecule has 0 saturated carbocycles. The van der Waals surface area contributed by atoms with Crippen molar-refractivity contribution in [3.05, 3.63) is 64.4 Å². The van der Waals surface area contributed by atoms with E-state index >= 15 is 0 Å². The van der Waals surface area contributed by atoms with Crippen molar-refractivity contribution in [2.75, 3.05) is 0 Å². The number of aliphatic imine (C=N–C) groups is 1. The molecule has 0 saturated heterocycles. The van der Waals surface area contributed by atoms with E-state index in [1.54, 1.807) is 0 Å². The highest BCUT2D eigenvalue weighted by atomic mass is 35.5. The Bertz CT molecular complexity index is 926. The van der Waals surface area contributed by atoms with Gasteiger partial charge in [-0.15, -0.1) is 12.4 Å². The van der Waals surface area contributed by atoms with Crippen LogP contribution in [0.4, 0.5) is 0 Å². The summed E-state index contributed by atoms with van der Waals surface area (Å²) >= 11 is 6.16. The summed E-state index contributed by atoms with van der Waals surface area (Å²) in [6.45, 7) is 4.00. The molecule has 3 N–H and O–H groups in total. The lowest BCUT2D eigenvalue weighted by atomic mass is 10.2. The zero-order valence-electron chi connectivity index (χ0n) is 14.0. The number of nitrogens with zero attached hydrogens (tertiary/aromatic N) is 2. The van der Waals surface area contributed by atoms with E-state index in [1.807, 2.05) is 68.5 Å². The lowest BCUT2D eigenvalue weighted by Gasteiger charge is -2.03. The molecule has 6 heteroatoms. The molecule has 0 spiro atoms. The van der Waals surface area contributed by atoms with E-state index in [0.717, 1.165) is 28.0 Å². The number of imidazole rings is 1. The maximum Gasteiger partial charge on any atom is 0.131 e. The number of rotatable bonds is 4. The molecule has 3 aromatic rings. The average molecular weight is 375 g/mol. The number of aromatic nitrogens is 2. The second-order valence-corrected chi connectivity index (χ2v) is 6.22. The Morgan fingerprint density at radius 3 is 2.68 bits per heavy atom. The van der Waals surface area contributed by atoms with Crippen LogP contribution < -0.4 is 5.73 Å². The third kappa shape index (κ3) is 4.62. The molecular formula is C19H20Cl2N4. The number of H-pyrrole nitrogens is 1. The summed E-state index contributed by atoms with van der Waals surface area (Å²) in [7, 11) is 0. The summed E-state index contributed by atoms with van der Waals surface area (Å²) in [5, 5.41) is 0.713. The Labute approximate surface area is 158 Å². The molecule has 2 aromatic carbocycles. The Morgan fingerprint density at radius 1 is 1.20 bits per heavy atom. The highest BCUT2D eigenvalue weighted by Crippen LogP contribution is 2.19. The average Bonchev–Trinajstić information content (AvgIpc) is 2.95. The van der Waals surface area contributed by atoms with Gasteiger partial charge in [-0.05, 0) is 55.8 Å². The van der Waals surface area contributed by atoms with Gasteiger partial charge in [-0.25, -0.2) is 4.98 Å². The molecule has 0 aliphatic rings. The molecule has 1 heterocycles. The molecule has 130 valence electrons. The van der Waals surface area contributed by atoms with Crippen molar-refractivity contribution in [1.29, 1.82) is 0 Å². The quantitative estimate of drug-likeness (QED) is 0.502. The predicted octanol–water partition coefficient (Wildman–Crippen LogP) is 4.92. The number of hydrogen-bond donors (Lipinski definition) is 2. The second-order valence-electron chi connectivity index (χ2n) is 5.82. The van der Waals surface area contributed by atoms with Crippen LogP contribution in [0.3, 0.4) is 0 Å². The Morgan fingerprint density at radius 2 is 1.96 bits per heavy atom. The molecule has 0 unspecified atom stereocenters. The summed E-state index contributed by atoms with van der Waals surface area (Å²) < 4.78 is 0. The van der Waals surface area contributed by atoms with Crippen molar-refractivity contribution in [3.8, 4) is 0 Å². The van der Waals surface area contributed by atoms with Crippen molar-refractivity contribution >= 4 is 53.0 Å². The minimum atomic E-state index is 0. The molecule has 4 nitrogen and oxygen atoms in total. The maximum atomic E-state index is 6.16. The van der Waals surface area contributed by atoms with Gasteiger partial charge in [-0.1, -0.05) is 29.8 Å². The first kappa shape index (κ1) is 19.0. The van der Waals surface area contributed by atoms with Gasteiger partial charge in [0.1, 0.15) is 11.7 Å². The maximum absolute atomic E-state index is 6.16. The Hall–Kier alpha value is -2.30. The van der Waals surface area contributed by atoms with Crippen molar-refractivity contribution in [2.45, 2.75) is 19.9 Å². The fourth-order valence-corrected chi connectivity index (χ4v) is 2.60. The minimum Gasteiger partial charge on any atom is -0.383 e. The van der Waals surface area contributed by atoms with E-state index in [2.05, 4.69) is 15.0 Å². The molecule has 0 aliphatic heterocycles. The number of amidine groups is 1. The summed E-state index contributed by atoms with van der Waals surface area (Å²) in [6.07, 6.45) is 3.85. The summed E-state index contributed by atoms with van der Waals surface area (Å²) in [5.41, 5.74) is 9.68. The number of nitrogens with two attached hydrogens (primary N) is 1. The van der Waals surface area contributed by atoms with E-state index in [1.165, 1.54) is 0 Å². The Balaban J connectivity index is 0.00000225. The van der Waals surface area contributed by atoms with E-state index in [4.69, 9.17) is 17.3 Å². The monoisotopic (exact) mass is 374 g/mol. The van der Waals surface area contributed by atoms with Crippen LogP contribution in [-0.4, -0.2) is 21.8 Å². The smallest absolute Gasteiger partial charge is 0.131 e. The van der Waals surface area contributed by atoms with Crippen LogP contribution in [0.1, 0.15) is 30.8 Å². The van der Waals surface area contributed by atoms with E-state index in [-0.39, 0.29) is 18.4 Å². The third-order valence-corrected chi connectivity index (χ3v) is 3.86. The van der Waals surface area contributed by atoms with Crippen LogP contribution in [0, 0.1) is 0 Å². The fraction of sp³-hybridized carbons (Fsp3) is 0.158. The van der Waals surface area contributed by atoms with Crippen LogP contribution in [-0.2, 0) is 0 Å². The molecule has 0 atom stereocenters. The zero-order valence-corrected chi connectivity index (χ0v) is 15.6. The van der Waals surface area contributed by atoms with Gasteiger partial charge >= 0.3 is 0 Å². The number of hydrogen-bond acceptors (Lipinski definition) is 2. The first-order chi connectivity index (χ1) is 11.5. The Kier molecular flexibility index (Phi) is 6.23. The number of fused-ring (bicyclic) bond motifs is 1.